The van der Waals surface area contributed by atoms with E-state index < -0.39 is 0 Å². The van der Waals surface area contributed by atoms with Crippen molar-refractivity contribution in [2.24, 2.45) is 0 Å². The average Bonchev–Trinajstić information content (AvgIpc) is 3.61. The fourth-order valence-electron chi connectivity index (χ4n) is 7.82. The van der Waals surface area contributed by atoms with Crippen LogP contribution in [0.15, 0.2) is 194 Å². The SMILES string of the molecule is c1ccc(N(c2ccccc2)c2ccc(-c3nc4ccc(C5Nc6ccccc6N5c5ccccc5)cc4c4c3ccc3ccccc34)cc2)cc1. The summed E-state index contributed by atoms with van der Waals surface area (Å²) in [4.78, 5) is 10.1. The Balaban J connectivity index is 1.13. The Morgan fingerprint density at radius 1 is 0.500 bits per heavy atom. The van der Waals surface area contributed by atoms with E-state index in [1.165, 1.54) is 27.4 Å². The molecule has 1 unspecified atom stereocenters. The molecule has 1 aliphatic heterocycles. The van der Waals surface area contributed by atoms with Crippen LogP contribution >= 0.6 is 0 Å². The van der Waals surface area contributed by atoms with Gasteiger partial charge in [0.1, 0.15) is 6.17 Å². The molecule has 0 bridgehead atoms. The van der Waals surface area contributed by atoms with Gasteiger partial charge in [0.05, 0.1) is 22.6 Å². The predicted molar refractivity (Wildman–Crippen MR) is 218 cm³/mol. The summed E-state index contributed by atoms with van der Waals surface area (Å²) in [5.74, 6) is 0. The van der Waals surface area contributed by atoms with Gasteiger partial charge in [0.2, 0.25) is 0 Å². The second-order valence-corrected chi connectivity index (χ2v) is 13.3. The first-order valence-electron chi connectivity index (χ1n) is 17.8. The maximum absolute atomic E-state index is 5.41. The molecule has 0 spiro atoms. The third-order valence-electron chi connectivity index (χ3n) is 10.2. The van der Waals surface area contributed by atoms with Crippen LogP contribution in [0.25, 0.3) is 43.7 Å². The lowest BCUT2D eigenvalue weighted by Gasteiger charge is -2.28. The third-order valence-corrected chi connectivity index (χ3v) is 10.2. The van der Waals surface area contributed by atoms with E-state index in [1.807, 2.05) is 0 Å². The molecule has 0 fully saturated rings. The quantitative estimate of drug-likeness (QED) is 0.179. The number of nitrogens with one attached hydrogen (secondary N) is 1. The maximum Gasteiger partial charge on any atom is 0.130 e. The lowest BCUT2D eigenvalue weighted by molar-refractivity contribution is 0.830. The van der Waals surface area contributed by atoms with Gasteiger partial charge in [-0.25, -0.2) is 4.98 Å². The lowest BCUT2D eigenvalue weighted by atomic mass is 9.94. The largest absolute Gasteiger partial charge is 0.359 e. The topological polar surface area (TPSA) is 31.4 Å². The molecule has 9 aromatic rings. The van der Waals surface area contributed by atoms with Gasteiger partial charge < -0.3 is 15.1 Å². The van der Waals surface area contributed by atoms with Gasteiger partial charge in [-0.3, -0.25) is 0 Å². The van der Waals surface area contributed by atoms with Gasteiger partial charge >= 0.3 is 0 Å². The fourth-order valence-corrected chi connectivity index (χ4v) is 7.82. The Hall–Kier alpha value is -6.91. The minimum Gasteiger partial charge on any atom is -0.359 e. The first-order chi connectivity index (χ1) is 25.8. The molecule has 4 heteroatoms. The lowest BCUT2D eigenvalue weighted by Crippen LogP contribution is -2.23. The van der Waals surface area contributed by atoms with Crippen molar-refractivity contribution in [3.05, 3.63) is 200 Å². The highest BCUT2D eigenvalue weighted by Crippen LogP contribution is 2.47. The molecule has 0 aliphatic carbocycles. The van der Waals surface area contributed by atoms with Crippen LogP contribution in [-0.2, 0) is 0 Å². The number of para-hydroxylation sites is 5. The number of anilines is 6. The molecule has 0 saturated heterocycles. The van der Waals surface area contributed by atoms with Crippen LogP contribution in [0.5, 0.6) is 0 Å². The van der Waals surface area contributed by atoms with Crippen LogP contribution in [0.3, 0.4) is 0 Å². The maximum atomic E-state index is 5.41. The minimum absolute atomic E-state index is 0.0707. The van der Waals surface area contributed by atoms with Crippen LogP contribution in [0.1, 0.15) is 11.7 Å². The standard InChI is InChI=1S/C48H34N4/c1-4-15-36(16-5-1)51(37-17-6-2-7-18-37)39-28-24-34(25-29-39)47-41-30-26-33-14-10-11-21-40(33)46(41)42-32-35(27-31-43(42)49-47)48-50-44-22-12-13-23-45(44)52(48)38-19-8-3-9-20-38/h1-32,48,50H. The number of pyridine rings is 1. The molecule has 1 aliphatic rings. The van der Waals surface area contributed by atoms with Crippen LogP contribution in [0.4, 0.5) is 34.1 Å². The number of aromatic nitrogens is 1. The van der Waals surface area contributed by atoms with E-state index in [-0.39, 0.29) is 6.17 Å². The molecule has 1 aromatic heterocycles. The molecular weight excluding hydrogens is 633 g/mol. The molecule has 1 atom stereocenters. The molecule has 4 nitrogen and oxygen atoms in total. The zero-order chi connectivity index (χ0) is 34.4. The van der Waals surface area contributed by atoms with Crippen molar-refractivity contribution >= 4 is 66.6 Å². The average molecular weight is 667 g/mol. The number of benzene rings is 8. The Morgan fingerprint density at radius 2 is 1.13 bits per heavy atom. The molecule has 8 aromatic carbocycles. The van der Waals surface area contributed by atoms with Gasteiger partial charge in [-0.2, -0.15) is 0 Å². The Morgan fingerprint density at radius 3 is 1.88 bits per heavy atom. The van der Waals surface area contributed by atoms with Crippen molar-refractivity contribution in [2.75, 3.05) is 15.1 Å². The summed E-state index contributed by atoms with van der Waals surface area (Å²) in [7, 11) is 0. The Kier molecular flexibility index (Phi) is 7.17. The normalized spacial score (nSPS) is 13.7. The highest BCUT2D eigenvalue weighted by molar-refractivity contribution is 6.22. The number of fused-ring (bicyclic) bond motifs is 6. The molecule has 246 valence electrons. The van der Waals surface area contributed by atoms with Crippen molar-refractivity contribution in [1.82, 2.24) is 4.98 Å². The van der Waals surface area contributed by atoms with Gasteiger partial charge in [-0.05, 0) is 89.1 Å². The van der Waals surface area contributed by atoms with Gasteiger partial charge in [-0.1, -0.05) is 121 Å². The smallest absolute Gasteiger partial charge is 0.130 e. The van der Waals surface area contributed by atoms with Crippen molar-refractivity contribution in [2.45, 2.75) is 6.17 Å². The summed E-state index contributed by atoms with van der Waals surface area (Å²) in [5.41, 5.74) is 11.0. The van der Waals surface area contributed by atoms with Crippen molar-refractivity contribution in [3.63, 3.8) is 0 Å². The van der Waals surface area contributed by atoms with E-state index >= 15 is 0 Å². The second kappa shape index (κ2) is 12.4. The first kappa shape index (κ1) is 30.0. The number of hydrogen-bond acceptors (Lipinski definition) is 4. The van der Waals surface area contributed by atoms with E-state index in [0.29, 0.717) is 0 Å². The summed E-state index contributed by atoms with van der Waals surface area (Å²) < 4.78 is 0. The molecule has 2 heterocycles. The van der Waals surface area contributed by atoms with E-state index in [0.717, 1.165) is 56.0 Å². The monoisotopic (exact) mass is 666 g/mol. The highest BCUT2D eigenvalue weighted by Gasteiger charge is 2.31. The summed E-state index contributed by atoms with van der Waals surface area (Å²) in [6.07, 6.45) is -0.0707. The Labute approximate surface area is 302 Å². The van der Waals surface area contributed by atoms with Crippen molar-refractivity contribution < 1.29 is 0 Å². The number of hydrogen-bond donors (Lipinski definition) is 1. The summed E-state index contributed by atoms with van der Waals surface area (Å²) >= 11 is 0. The fraction of sp³-hybridized carbons (Fsp3) is 0.0208. The zero-order valence-electron chi connectivity index (χ0n) is 28.4. The van der Waals surface area contributed by atoms with Crippen LogP contribution < -0.4 is 15.1 Å². The van der Waals surface area contributed by atoms with Crippen LogP contribution in [-0.4, -0.2) is 4.98 Å². The molecular formula is C48H34N4. The molecule has 10 rings (SSSR count). The van der Waals surface area contributed by atoms with E-state index in [1.54, 1.807) is 0 Å². The molecule has 0 amide bonds. The van der Waals surface area contributed by atoms with Crippen LogP contribution in [0, 0.1) is 0 Å². The molecule has 52 heavy (non-hydrogen) atoms. The molecule has 0 saturated carbocycles. The predicted octanol–water partition coefficient (Wildman–Crippen LogP) is 12.9. The van der Waals surface area contributed by atoms with Crippen LogP contribution in [0.2, 0.25) is 0 Å². The van der Waals surface area contributed by atoms with Gasteiger partial charge in [0.15, 0.2) is 0 Å². The summed E-state index contributed by atoms with van der Waals surface area (Å²) in [6, 6.07) is 69.0. The van der Waals surface area contributed by atoms with E-state index in [2.05, 4.69) is 209 Å². The Bertz CT molecular complexity index is 2670. The summed E-state index contributed by atoms with van der Waals surface area (Å²) in [6.45, 7) is 0. The summed E-state index contributed by atoms with van der Waals surface area (Å²) in [5, 5.41) is 9.78. The second-order valence-electron chi connectivity index (χ2n) is 13.3. The minimum atomic E-state index is -0.0707. The molecule has 0 radical (unpaired) electrons. The molecule has 1 N–H and O–H groups in total. The number of nitrogens with zero attached hydrogens (tertiary/aromatic N) is 3. The van der Waals surface area contributed by atoms with Crippen molar-refractivity contribution in [1.29, 1.82) is 0 Å². The third kappa shape index (κ3) is 5.04. The van der Waals surface area contributed by atoms with Gasteiger partial charge in [0.25, 0.3) is 0 Å². The van der Waals surface area contributed by atoms with Gasteiger partial charge in [0, 0.05) is 44.5 Å². The zero-order valence-corrected chi connectivity index (χ0v) is 28.4. The van der Waals surface area contributed by atoms with E-state index in [9.17, 15) is 0 Å². The highest BCUT2D eigenvalue weighted by atomic mass is 15.3. The van der Waals surface area contributed by atoms with Crippen molar-refractivity contribution in [3.8, 4) is 11.3 Å². The van der Waals surface area contributed by atoms with Gasteiger partial charge in [-0.15, -0.1) is 0 Å². The van der Waals surface area contributed by atoms with E-state index in [4.69, 9.17) is 4.98 Å². The number of rotatable bonds is 6. The first-order valence-corrected chi connectivity index (χ1v) is 17.8.